The number of aryl methyl sites for hydroxylation is 2. The van der Waals surface area contributed by atoms with Crippen LogP contribution in [0.2, 0.25) is 0 Å². The summed E-state index contributed by atoms with van der Waals surface area (Å²) >= 11 is 0. The topological polar surface area (TPSA) is 21.7 Å². The van der Waals surface area contributed by atoms with Gasteiger partial charge in [0.2, 0.25) is 0 Å². The minimum absolute atomic E-state index is 0.134. The van der Waals surface area contributed by atoms with Gasteiger partial charge in [0.1, 0.15) is 31.6 Å². The van der Waals surface area contributed by atoms with Gasteiger partial charge in [0.15, 0.2) is 0 Å². The molecule has 1 aliphatic heterocycles. The smallest absolute Gasteiger partial charge is 0.144 e. The van der Waals surface area contributed by atoms with Gasteiger partial charge < -0.3 is 9.47 Å². The molecule has 0 bridgehead atoms. The summed E-state index contributed by atoms with van der Waals surface area (Å²) < 4.78 is 12.4. The average Bonchev–Trinajstić information content (AvgIpc) is 2.58. The molecule has 1 saturated heterocycles. The summed E-state index contributed by atoms with van der Waals surface area (Å²) in [5.74, 6) is 1.97. The van der Waals surface area contributed by atoms with E-state index in [1.807, 2.05) is 0 Å². The first-order chi connectivity index (χ1) is 12.4. The maximum atomic E-state index is 6.37. The third kappa shape index (κ3) is 5.04. The fraction of sp³-hybridized carbons (Fsp3) is 0.455. The Kier molecular flexibility index (Phi) is 5.92. The zero-order valence-corrected chi connectivity index (χ0v) is 16.5. The molecule has 1 fully saturated rings. The highest BCUT2D eigenvalue weighted by Gasteiger charge is 2.32. The van der Waals surface area contributed by atoms with Crippen molar-refractivity contribution in [2.24, 2.45) is 0 Å². The van der Waals surface area contributed by atoms with Crippen molar-refractivity contribution in [2.75, 3.05) is 26.2 Å². The summed E-state index contributed by atoms with van der Waals surface area (Å²) in [4.78, 5) is 2.46. The molecule has 1 unspecified atom stereocenters. The van der Waals surface area contributed by atoms with E-state index in [9.17, 15) is 0 Å². The van der Waals surface area contributed by atoms with E-state index < -0.39 is 0 Å². The van der Waals surface area contributed by atoms with Crippen molar-refractivity contribution >= 4 is 13.3 Å². The lowest BCUT2D eigenvalue weighted by Gasteiger charge is -2.40. The number of nitrogens with zero attached hydrogens (tertiary/aromatic N) is 1. The van der Waals surface area contributed by atoms with Crippen LogP contribution >= 0.6 is 0 Å². The Bertz CT molecular complexity index is 749. The summed E-state index contributed by atoms with van der Waals surface area (Å²) in [6, 6.07) is 14.7. The van der Waals surface area contributed by atoms with Crippen LogP contribution in [0.3, 0.4) is 0 Å². The van der Waals surface area contributed by atoms with Crippen molar-refractivity contribution < 1.29 is 9.47 Å². The van der Waals surface area contributed by atoms with Crippen molar-refractivity contribution in [3.63, 3.8) is 0 Å². The van der Waals surface area contributed by atoms with Gasteiger partial charge in [0, 0.05) is 13.1 Å². The van der Waals surface area contributed by atoms with Gasteiger partial charge in [-0.05, 0) is 74.9 Å². The molecule has 26 heavy (non-hydrogen) atoms. The van der Waals surface area contributed by atoms with Gasteiger partial charge in [-0.1, -0.05) is 24.3 Å². The number of piperidine rings is 1. The molecular weight excluding hydrogens is 321 g/mol. The van der Waals surface area contributed by atoms with Crippen LogP contribution in [0.15, 0.2) is 42.5 Å². The Balaban J connectivity index is 1.54. The molecule has 138 valence electrons. The van der Waals surface area contributed by atoms with Crippen LogP contribution in [-0.2, 0) is 0 Å². The number of likely N-dealkylation sites (tertiary alicyclic amines) is 1. The molecule has 2 aromatic rings. The maximum Gasteiger partial charge on any atom is 0.144 e. The Morgan fingerprint density at radius 1 is 1.12 bits per heavy atom. The highest BCUT2D eigenvalue weighted by molar-refractivity contribution is 6.34. The van der Waals surface area contributed by atoms with E-state index in [2.05, 4.69) is 76.0 Å². The van der Waals surface area contributed by atoms with Gasteiger partial charge in [-0.2, -0.15) is 0 Å². The molecule has 0 N–H and O–H groups in total. The Hall–Kier alpha value is -1.94. The number of hydrogen-bond donors (Lipinski definition) is 0. The zero-order valence-electron chi connectivity index (χ0n) is 16.5. The fourth-order valence-corrected chi connectivity index (χ4v) is 3.69. The highest BCUT2D eigenvalue weighted by atomic mass is 16.5. The lowest BCUT2D eigenvalue weighted by atomic mass is 9.94. The van der Waals surface area contributed by atoms with Crippen molar-refractivity contribution in [2.45, 2.75) is 39.2 Å². The first-order valence-corrected chi connectivity index (χ1v) is 9.62. The van der Waals surface area contributed by atoms with Gasteiger partial charge in [-0.3, -0.25) is 4.90 Å². The molecule has 0 radical (unpaired) electrons. The number of rotatable bonds is 6. The molecule has 0 saturated carbocycles. The van der Waals surface area contributed by atoms with E-state index in [-0.39, 0.29) is 5.60 Å². The normalized spacial score (nSPS) is 20.7. The Morgan fingerprint density at radius 3 is 2.73 bits per heavy atom. The van der Waals surface area contributed by atoms with Crippen LogP contribution in [0.25, 0.3) is 0 Å². The fourth-order valence-electron chi connectivity index (χ4n) is 3.69. The number of benzene rings is 2. The molecule has 1 atom stereocenters. The predicted molar refractivity (Wildman–Crippen MR) is 111 cm³/mol. The first-order valence-electron chi connectivity index (χ1n) is 9.62. The van der Waals surface area contributed by atoms with E-state index in [1.165, 1.54) is 16.6 Å². The van der Waals surface area contributed by atoms with Gasteiger partial charge in [0.25, 0.3) is 0 Å². The van der Waals surface area contributed by atoms with Crippen LogP contribution in [-0.4, -0.2) is 44.6 Å². The molecule has 2 aromatic carbocycles. The van der Waals surface area contributed by atoms with E-state index >= 15 is 0 Å². The summed E-state index contributed by atoms with van der Waals surface area (Å²) in [6.07, 6.45) is 2.25. The summed E-state index contributed by atoms with van der Waals surface area (Å²) in [5, 5.41) is 0. The largest absolute Gasteiger partial charge is 0.493 e. The van der Waals surface area contributed by atoms with Crippen LogP contribution in [0, 0.1) is 13.8 Å². The Labute approximate surface area is 158 Å². The molecule has 0 aliphatic carbocycles. The molecule has 1 aliphatic rings. The molecule has 0 aromatic heterocycles. The highest BCUT2D eigenvalue weighted by Crippen LogP contribution is 2.27. The standard InChI is InChI=1S/C22H30BNO2/c1-17-6-4-7-19(14-17)26-22(3)10-5-11-24(16-22)12-13-25-21-15-18(2)8-9-20(21)23/h4,6-9,14-15H,5,10-13,16,23H2,1-3H3. The molecule has 3 nitrogen and oxygen atoms in total. The lowest BCUT2D eigenvalue weighted by Crippen LogP contribution is -2.50. The van der Waals surface area contributed by atoms with Crippen molar-refractivity contribution in [3.05, 3.63) is 53.6 Å². The second-order valence-electron chi connectivity index (χ2n) is 7.87. The molecule has 0 spiro atoms. The Morgan fingerprint density at radius 2 is 1.92 bits per heavy atom. The van der Waals surface area contributed by atoms with E-state index in [0.29, 0.717) is 6.61 Å². The number of hydrogen-bond acceptors (Lipinski definition) is 3. The van der Waals surface area contributed by atoms with Crippen molar-refractivity contribution in [1.29, 1.82) is 0 Å². The van der Waals surface area contributed by atoms with Gasteiger partial charge in [-0.15, -0.1) is 0 Å². The molecular formula is C22H30BNO2. The molecule has 3 rings (SSSR count). The van der Waals surface area contributed by atoms with Crippen LogP contribution in [0.4, 0.5) is 0 Å². The lowest BCUT2D eigenvalue weighted by molar-refractivity contribution is 0.00215. The third-order valence-corrected chi connectivity index (χ3v) is 5.10. The van der Waals surface area contributed by atoms with Crippen molar-refractivity contribution in [3.8, 4) is 11.5 Å². The quantitative estimate of drug-likeness (QED) is 0.747. The number of ether oxygens (including phenoxy) is 2. The second kappa shape index (κ2) is 8.17. The SMILES string of the molecule is Bc1ccc(C)cc1OCCN1CCCC(C)(Oc2cccc(C)c2)C1. The zero-order chi connectivity index (χ0) is 18.6. The van der Waals surface area contributed by atoms with E-state index in [4.69, 9.17) is 9.47 Å². The van der Waals surface area contributed by atoms with Gasteiger partial charge in [0.05, 0.1) is 0 Å². The van der Waals surface area contributed by atoms with E-state index in [1.54, 1.807) is 0 Å². The minimum atomic E-state index is -0.134. The van der Waals surface area contributed by atoms with Crippen molar-refractivity contribution in [1.82, 2.24) is 4.90 Å². The monoisotopic (exact) mass is 351 g/mol. The summed E-state index contributed by atoms with van der Waals surface area (Å²) in [6.45, 7) is 10.1. The van der Waals surface area contributed by atoms with Gasteiger partial charge >= 0.3 is 0 Å². The van der Waals surface area contributed by atoms with E-state index in [0.717, 1.165) is 44.0 Å². The van der Waals surface area contributed by atoms with Crippen LogP contribution in [0.1, 0.15) is 30.9 Å². The van der Waals surface area contributed by atoms with Crippen LogP contribution in [0.5, 0.6) is 11.5 Å². The summed E-state index contributed by atoms with van der Waals surface area (Å²) in [5.41, 5.74) is 3.54. The molecule has 4 heteroatoms. The maximum absolute atomic E-state index is 6.37. The molecule has 0 amide bonds. The average molecular weight is 351 g/mol. The minimum Gasteiger partial charge on any atom is -0.493 e. The van der Waals surface area contributed by atoms with Gasteiger partial charge in [-0.25, -0.2) is 0 Å². The summed E-state index contributed by atoms with van der Waals surface area (Å²) in [7, 11) is 2.10. The second-order valence-corrected chi connectivity index (χ2v) is 7.87. The predicted octanol–water partition coefficient (Wildman–Crippen LogP) is 2.87. The first kappa shape index (κ1) is 18.8. The molecule has 1 heterocycles. The van der Waals surface area contributed by atoms with Crippen LogP contribution < -0.4 is 14.9 Å². The third-order valence-electron chi connectivity index (χ3n) is 5.10.